The summed E-state index contributed by atoms with van der Waals surface area (Å²) in [7, 11) is 0. The fraction of sp³-hybridized carbons (Fsp3) is 1.00. The molecule has 0 aromatic carbocycles. The third-order valence-electron chi connectivity index (χ3n) is 1.96. The van der Waals surface area contributed by atoms with E-state index >= 15 is 0 Å². The van der Waals surface area contributed by atoms with E-state index in [1.807, 2.05) is 0 Å². The summed E-state index contributed by atoms with van der Waals surface area (Å²) < 4.78 is 11.7. The molecule has 0 aliphatic heterocycles. The van der Waals surface area contributed by atoms with Crippen molar-refractivity contribution in [3.05, 3.63) is 0 Å². The van der Waals surface area contributed by atoms with Gasteiger partial charge >= 0.3 is 0 Å². The second-order valence-corrected chi connectivity index (χ2v) is 3.29. The number of hydrogen-bond acceptors (Lipinski definition) is 3. The average Bonchev–Trinajstić information content (AvgIpc) is 2.10. The van der Waals surface area contributed by atoms with Crippen molar-refractivity contribution in [2.45, 2.75) is 19.9 Å². The van der Waals surface area contributed by atoms with Gasteiger partial charge in [0.2, 0.25) is 0 Å². The molecule has 0 spiro atoms. The summed E-state index contributed by atoms with van der Waals surface area (Å²) in [4.78, 5) is 2.16. The first kappa shape index (κ1) is 12.8. The molecule has 0 saturated heterocycles. The highest BCUT2D eigenvalue weighted by molar-refractivity contribution is 4.63. The second kappa shape index (κ2) is 8.41. The molecule has 80 valence electrons. The topological polar surface area (TPSA) is 35.5 Å². The largest absolute Gasteiger partial charge is 0.395 e. The Balaban J connectivity index is 3.45. The number of hydrogen-bond donors (Lipinski definition) is 2. The zero-order chi connectivity index (χ0) is 10.1. The van der Waals surface area contributed by atoms with Crippen LogP contribution in [-0.2, 0) is 0 Å². The average molecular weight is 192 g/mol. The Labute approximate surface area is 79.9 Å². The molecule has 0 heterocycles. The lowest BCUT2D eigenvalue weighted by atomic mass is 10.3. The van der Waals surface area contributed by atoms with Gasteiger partial charge in [0, 0.05) is 32.2 Å². The molecule has 0 fully saturated rings. The normalized spacial score (nSPS) is 11.5. The number of aliphatic hydroxyl groups excluding tert-OH is 1. The van der Waals surface area contributed by atoms with Crippen molar-refractivity contribution in [3.63, 3.8) is 0 Å². The molecule has 3 nitrogen and oxygen atoms in total. The van der Waals surface area contributed by atoms with Gasteiger partial charge in [-0.05, 0) is 13.8 Å². The molecule has 13 heavy (non-hydrogen) atoms. The van der Waals surface area contributed by atoms with Crippen LogP contribution in [0, 0.1) is 0 Å². The number of halogens is 1. The number of alkyl halides is 1. The van der Waals surface area contributed by atoms with Gasteiger partial charge in [-0.1, -0.05) is 0 Å². The standard InChI is InChI=1S/C9H21FN2O/c1-9(2)12(7-8-13)6-5-11-4-3-10/h9,11,13H,3-8H2,1-2H3. The van der Waals surface area contributed by atoms with Crippen LogP contribution >= 0.6 is 0 Å². The molecule has 0 saturated carbocycles. The van der Waals surface area contributed by atoms with E-state index in [0.717, 1.165) is 13.1 Å². The number of aliphatic hydroxyl groups is 1. The van der Waals surface area contributed by atoms with Crippen LogP contribution < -0.4 is 5.32 Å². The summed E-state index contributed by atoms with van der Waals surface area (Å²) in [5.74, 6) is 0. The Kier molecular flexibility index (Phi) is 8.29. The van der Waals surface area contributed by atoms with Crippen LogP contribution in [0.3, 0.4) is 0 Å². The quantitative estimate of drug-likeness (QED) is 0.541. The third-order valence-corrected chi connectivity index (χ3v) is 1.96. The number of nitrogens with zero attached hydrogens (tertiary/aromatic N) is 1. The fourth-order valence-electron chi connectivity index (χ4n) is 1.17. The Morgan fingerprint density at radius 3 is 2.46 bits per heavy atom. The van der Waals surface area contributed by atoms with Crippen LogP contribution in [0.25, 0.3) is 0 Å². The smallest absolute Gasteiger partial charge is 0.102 e. The molecule has 0 atom stereocenters. The highest BCUT2D eigenvalue weighted by Gasteiger charge is 2.06. The highest BCUT2D eigenvalue weighted by Crippen LogP contribution is 1.95. The zero-order valence-electron chi connectivity index (χ0n) is 8.59. The molecule has 4 heteroatoms. The van der Waals surface area contributed by atoms with Gasteiger partial charge in [-0.15, -0.1) is 0 Å². The summed E-state index contributed by atoms with van der Waals surface area (Å²) in [5.41, 5.74) is 0. The van der Waals surface area contributed by atoms with Crippen molar-refractivity contribution < 1.29 is 9.50 Å². The molecule has 0 radical (unpaired) electrons. The molecule has 0 rings (SSSR count). The van der Waals surface area contributed by atoms with Crippen molar-refractivity contribution in [2.24, 2.45) is 0 Å². The van der Waals surface area contributed by atoms with Crippen LogP contribution in [-0.4, -0.2) is 55.5 Å². The minimum absolute atomic E-state index is 0.182. The first-order valence-electron chi connectivity index (χ1n) is 4.84. The summed E-state index contributed by atoms with van der Waals surface area (Å²) >= 11 is 0. The van der Waals surface area contributed by atoms with E-state index in [1.165, 1.54) is 0 Å². The Hall–Kier alpha value is -0.190. The van der Waals surface area contributed by atoms with Crippen LogP contribution in [0.2, 0.25) is 0 Å². The fourth-order valence-corrected chi connectivity index (χ4v) is 1.17. The van der Waals surface area contributed by atoms with Crippen LogP contribution in [0.4, 0.5) is 4.39 Å². The third kappa shape index (κ3) is 6.93. The SMILES string of the molecule is CC(C)N(CCO)CCNCCF. The first-order valence-corrected chi connectivity index (χ1v) is 4.84. The monoisotopic (exact) mass is 192 g/mol. The summed E-state index contributed by atoms with van der Waals surface area (Å²) in [6, 6.07) is 0.430. The molecule has 0 aliphatic rings. The van der Waals surface area contributed by atoms with Crippen LogP contribution in [0.1, 0.15) is 13.8 Å². The van der Waals surface area contributed by atoms with Crippen molar-refractivity contribution in [1.29, 1.82) is 0 Å². The van der Waals surface area contributed by atoms with E-state index in [9.17, 15) is 4.39 Å². The lowest BCUT2D eigenvalue weighted by Gasteiger charge is -2.25. The molecular weight excluding hydrogens is 171 g/mol. The lowest BCUT2D eigenvalue weighted by molar-refractivity contribution is 0.166. The minimum atomic E-state index is -0.318. The van der Waals surface area contributed by atoms with Crippen molar-refractivity contribution >= 4 is 0 Å². The van der Waals surface area contributed by atoms with Gasteiger partial charge in [-0.25, -0.2) is 4.39 Å². The highest BCUT2D eigenvalue weighted by atomic mass is 19.1. The van der Waals surface area contributed by atoms with E-state index in [4.69, 9.17) is 5.11 Å². The zero-order valence-corrected chi connectivity index (χ0v) is 8.59. The Morgan fingerprint density at radius 1 is 1.31 bits per heavy atom. The molecule has 0 aromatic heterocycles. The maximum absolute atomic E-state index is 11.7. The molecule has 0 amide bonds. The predicted molar refractivity (Wildman–Crippen MR) is 52.6 cm³/mol. The number of rotatable bonds is 8. The maximum atomic E-state index is 11.7. The van der Waals surface area contributed by atoms with Crippen molar-refractivity contribution in [2.75, 3.05) is 39.5 Å². The van der Waals surface area contributed by atoms with Crippen molar-refractivity contribution in [3.8, 4) is 0 Å². The van der Waals surface area contributed by atoms with Crippen LogP contribution in [0.15, 0.2) is 0 Å². The summed E-state index contributed by atoms with van der Waals surface area (Å²) in [6.45, 7) is 6.79. The minimum Gasteiger partial charge on any atom is -0.395 e. The van der Waals surface area contributed by atoms with Crippen LogP contribution in [0.5, 0.6) is 0 Å². The van der Waals surface area contributed by atoms with E-state index in [1.54, 1.807) is 0 Å². The lowest BCUT2D eigenvalue weighted by Crippen LogP contribution is -2.39. The van der Waals surface area contributed by atoms with E-state index in [2.05, 4.69) is 24.1 Å². The maximum Gasteiger partial charge on any atom is 0.102 e. The molecular formula is C9H21FN2O. The van der Waals surface area contributed by atoms with E-state index in [0.29, 0.717) is 19.1 Å². The van der Waals surface area contributed by atoms with E-state index in [-0.39, 0.29) is 13.3 Å². The number of nitrogens with one attached hydrogen (secondary N) is 1. The predicted octanol–water partition coefficient (Wildman–Crippen LogP) is 0.248. The second-order valence-electron chi connectivity index (χ2n) is 3.29. The summed E-state index contributed by atoms with van der Waals surface area (Å²) in [5, 5.41) is 11.7. The van der Waals surface area contributed by atoms with Gasteiger partial charge in [0.15, 0.2) is 0 Å². The summed E-state index contributed by atoms with van der Waals surface area (Å²) in [6.07, 6.45) is 0. The molecule has 0 bridgehead atoms. The van der Waals surface area contributed by atoms with E-state index < -0.39 is 0 Å². The molecule has 0 aromatic rings. The van der Waals surface area contributed by atoms with Crippen molar-refractivity contribution in [1.82, 2.24) is 10.2 Å². The van der Waals surface area contributed by atoms with Gasteiger partial charge in [0.1, 0.15) is 6.67 Å². The first-order chi connectivity index (χ1) is 6.22. The Morgan fingerprint density at radius 2 is 2.00 bits per heavy atom. The van der Waals surface area contributed by atoms with Gasteiger partial charge in [-0.2, -0.15) is 0 Å². The van der Waals surface area contributed by atoms with Gasteiger partial charge in [-0.3, -0.25) is 4.90 Å². The van der Waals surface area contributed by atoms with Gasteiger partial charge in [0.05, 0.1) is 6.61 Å². The van der Waals surface area contributed by atoms with Gasteiger partial charge < -0.3 is 10.4 Å². The van der Waals surface area contributed by atoms with Gasteiger partial charge in [0.25, 0.3) is 0 Å². The molecule has 0 unspecified atom stereocenters. The molecule has 0 aliphatic carbocycles. The Bertz CT molecular complexity index is 112. The molecule has 2 N–H and O–H groups in total.